The van der Waals surface area contributed by atoms with Crippen molar-refractivity contribution >= 4 is 23.8 Å². The van der Waals surface area contributed by atoms with Crippen molar-refractivity contribution < 1.29 is 28.7 Å². The zero-order chi connectivity index (χ0) is 30.7. The molecular formula is C33H43N3O6. The number of Topliss-reactive ketones (excluding diaryl/α,β-unsaturated/α-hetero) is 1. The van der Waals surface area contributed by atoms with Gasteiger partial charge in [-0.15, -0.1) is 6.58 Å². The van der Waals surface area contributed by atoms with Gasteiger partial charge in [-0.1, -0.05) is 80.1 Å². The van der Waals surface area contributed by atoms with Crippen LogP contribution in [-0.2, 0) is 25.7 Å². The molecule has 2 aromatic carbocycles. The fourth-order valence-corrected chi connectivity index (χ4v) is 5.12. The molecule has 9 nitrogen and oxygen atoms in total. The molecular weight excluding hydrogens is 534 g/mol. The van der Waals surface area contributed by atoms with Gasteiger partial charge in [-0.2, -0.15) is 0 Å². The summed E-state index contributed by atoms with van der Waals surface area (Å²) in [5.74, 6) is -0.559. The zero-order valence-corrected chi connectivity index (χ0v) is 25.1. The van der Waals surface area contributed by atoms with Gasteiger partial charge in [0.25, 0.3) is 0 Å². The van der Waals surface area contributed by atoms with Crippen molar-refractivity contribution in [1.82, 2.24) is 15.1 Å². The highest BCUT2D eigenvalue weighted by Gasteiger charge is 2.62. The molecule has 1 aliphatic rings. The molecule has 3 rings (SSSR count). The molecule has 2 atom stereocenters. The minimum absolute atomic E-state index is 0.0568. The third-order valence-electron chi connectivity index (χ3n) is 7.92. The molecule has 42 heavy (non-hydrogen) atoms. The van der Waals surface area contributed by atoms with Crippen molar-refractivity contribution in [3.05, 3.63) is 83.9 Å². The normalized spacial score (nSPS) is 16.2. The van der Waals surface area contributed by atoms with E-state index in [0.29, 0.717) is 25.8 Å². The van der Waals surface area contributed by atoms with Crippen LogP contribution in [0, 0.1) is 12.3 Å². The van der Waals surface area contributed by atoms with Crippen LogP contribution >= 0.6 is 0 Å². The topological polar surface area (TPSA) is 105 Å². The molecule has 1 fully saturated rings. The number of rotatable bonds is 15. The fraction of sp³-hybridized carbons (Fsp3) is 0.455. The van der Waals surface area contributed by atoms with Crippen molar-refractivity contribution in [2.24, 2.45) is 5.41 Å². The van der Waals surface area contributed by atoms with Crippen LogP contribution in [0.25, 0.3) is 0 Å². The molecule has 4 amide bonds. The van der Waals surface area contributed by atoms with Gasteiger partial charge in [-0.05, 0) is 44.2 Å². The number of benzene rings is 2. The monoisotopic (exact) mass is 577 g/mol. The number of ether oxygens (including phenoxy) is 2. The number of amides is 4. The van der Waals surface area contributed by atoms with Gasteiger partial charge in [0.1, 0.15) is 13.2 Å². The van der Waals surface area contributed by atoms with Crippen LogP contribution < -0.4 is 5.32 Å². The van der Waals surface area contributed by atoms with E-state index in [1.54, 1.807) is 6.08 Å². The Bertz CT molecular complexity index is 1230. The van der Waals surface area contributed by atoms with Crippen LogP contribution in [0.4, 0.5) is 9.59 Å². The number of aryl methyl sites for hydroxylation is 1. The molecule has 1 N–H and O–H groups in total. The lowest BCUT2D eigenvalue weighted by Crippen LogP contribution is -2.72. The molecule has 1 heterocycles. The summed E-state index contributed by atoms with van der Waals surface area (Å²) in [4.78, 5) is 54.5. The molecule has 2 aromatic rings. The number of carbonyl (C=O) groups is 4. The van der Waals surface area contributed by atoms with Crippen molar-refractivity contribution in [3.63, 3.8) is 0 Å². The number of β-lactam (4-membered cyclic amide) rings is 1. The number of imide groups is 1. The summed E-state index contributed by atoms with van der Waals surface area (Å²) < 4.78 is 11.4. The van der Waals surface area contributed by atoms with E-state index in [1.165, 1.54) is 4.90 Å². The summed E-state index contributed by atoms with van der Waals surface area (Å²) in [6, 6.07) is 16.2. The predicted molar refractivity (Wildman–Crippen MR) is 160 cm³/mol. The van der Waals surface area contributed by atoms with Crippen molar-refractivity contribution in [2.45, 2.75) is 72.3 Å². The average molecular weight is 578 g/mol. The average Bonchev–Trinajstić information content (AvgIpc) is 2.99. The van der Waals surface area contributed by atoms with E-state index in [4.69, 9.17) is 9.47 Å². The summed E-state index contributed by atoms with van der Waals surface area (Å²) in [7, 11) is 0. The smallest absolute Gasteiger partial charge is 0.410 e. The van der Waals surface area contributed by atoms with E-state index in [0.717, 1.165) is 21.6 Å². The minimum atomic E-state index is -0.883. The summed E-state index contributed by atoms with van der Waals surface area (Å²) in [5.41, 5.74) is 1.99. The number of nitrogens with zero attached hydrogens (tertiary/aromatic N) is 2. The third-order valence-corrected chi connectivity index (χ3v) is 7.92. The lowest BCUT2D eigenvalue weighted by Gasteiger charge is -2.53. The number of likely N-dealkylation sites (tertiary alicyclic amines) is 1. The summed E-state index contributed by atoms with van der Waals surface area (Å²) >= 11 is 0. The van der Waals surface area contributed by atoms with Crippen LogP contribution in [-0.4, -0.2) is 59.5 Å². The first-order valence-electron chi connectivity index (χ1n) is 14.6. The molecule has 2 unspecified atom stereocenters. The lowest BCUT2D eigenvalue weighted by atomic mass is 9.72. The SMILES string of the molecule is C=CCC(NC(=O)N1C(=O)C(CC)(CC)C1OCC(=O)CCN(CC)C(=O)OCc1ccccc1)c1ccc(C)cc1. The lowest BCUT2D eigenvalue weighted by molar-refractivity contribution is -0.210. The van der Waals surface area contributed by atoms with Crippen LogP contribution in [0.2, 0.25) is 0 Å². The second kappa shape index (κ2) is 15.3. The Morgan fingerprint density at radius 3 is 2.33 bits per heavy atom. The van der Waals surface area contributed by atoms with Gasteiger partial charge in [-0.25, -0.2) is 14.5 Å². The molecule has 0 bridgehead atoms. The Morgan fingerprint density at radius 1 is 1.07 bits per heavy atom. The molecule has 1 aliphatic heterocycles. The maximum atomic E-state index is 13.4. The summed E-state index contributed by atoms with van der Waals surface area (Å²) in [6.45, 7) is 11.8. The Labute approximate surface area is 248 Å². The largest absolute Gasteiger partial charge is 0.445 e. The predicted octanol–water partition coefficient (Wildman–Crippen LogP) is 5.93. The number of urea groups is 1. The number of carbonyl (C=O) groups excluding carboxylic acids is 4. The van der Waals surface area contributed by atoms with Gasteiger partial charge in [-0.3, -0.25) is 9.59 Å². The highest BCUT2D eigenvalue weighted by atomic mass is 16.6. The van der Waals surface area contributed by atoms with Gasteiger partial charge in [0.15, 0.2) is 12.0 Å². The van der Waals surface area contributed by atoms with Crippen molar-refractivity contribution in [1.29, 1.82) is 0 Å². The van der Waals surface area contributed by atoms with Gasteiger partial charge < -0.3 is 19.7 Å². The van der Waals surface area contributed by atoms with E-state index in [-0.39, 0.29) is 43.9 Å². The molecule has 0 radical (unpaired) electrons. The van der Waals surface area contributed by atoms with Crippen molar-refractivity contribution in [2.75, 3.05) is 19.7 Å². The number of nitrogens with one attached hydrogen (secondary N) is 1. The van der Waals surface area contributed by atoms with E-state index < -0.39 is 23.8 Å². The number of hydrogen-bond donors (Lipinski definition) is 1. The van der Waals surface area contributed by atoms with Crippen LogP contribution in [0.1, 0.15) is 69.2 Å². The Kier molecular flexibility index (Phi) is 11.9. The van der Waals surface area contributed by atoms with E-state index in [1.807, 2.05) is 82.3 Å². The molecule has 0 saturated carbocycles. The Morgan fingerprint density at radius 2 is 1.74 bits per heavy atom. The Balaban J connectivity index is 1.59. The van der Waals surface area contributed by atoms with Gasteiger partial charge in [0.05, 0.1) is 11.5 Å². The standard InChI is InChI=1S/C33H43N3O6/c1-6-13-28(26-18-16-24(5)17-19-26)34-31(39)36-29(38)33(7-2,8-3)30(36)41-23-27(37)20-21-35(9-4)32(40)42-22-25-14-11-10-12-15-25/h6,10-12,14-19,28,30H,1,7-9,13,20-23H2,2-5H3,(H,34,39). The third kappa shape index (κ3) is 7.64. The van der Waals surface area contributed by atoms with E-state index in [2.05, 4.69) is 11.9 Å². The van der Waals surface area contributed by atoms with Gasteiger partial charge >= 0.3 is 12.1 Å². The fourth-order valence-electron chi connectivity index (χ4n) is 5.12. The first-order valence-corrected chi connectivity index (χ1v) is 14.6. The van der Waals surface area contributed by atoms with Crippen LogP contribution in [0.5, 0.6) is 0 Å². The van der Waals surface area contributed by atoms with Crippen LogP contribution in [0.15, 0.2) is 67.3 Å². The van der Waals surface area contributed by atoms with E-state index in [9.17, 15) is 19.2 Å². The highest BCUT2D eigenvalue weighted by molar-refractivity contribution is 6.03. The van der Waals surface area contributed by atoms with Crippen molar-refractivity contribution in [3.8, 4) is 0 Å². The summed E-state index contributed by atoms with van der Waals surface area (Å²) in [5, 5.41) is 2.95. The molecule has 0 spiro atoms. The maximum Gasteiger partial charge on any atom is 0.410 e. The molecule has 1 saturated heterocycles. The first-order chi connectivity index (χ1) is 20.2. The number of ketones is 1. The highest BCUT2D eigenvalue weighted by Crippen LogP contribution is 2.46. The zero-order valence-electron chi connectivity index (χ0n) is 25.1. The summed E-state index contributed by atoms with van der Waals surface area (Å²) in [6.07, 6.45) is 1.82. The second-order valence-corrected chi connectivity index (χ2v) is 10.5. The molecule has 0 aromatic heterocycles. The van der Waals surface area contributed by atoms with Gasteiger partial charge in [0, 0.05) is 19.5 Å². The first kappa shape index (κ1) is 32.5. The second-order valence-electron chi connectivity index (χ2n) is 10.5. The minimum Gasteiger partial charge on any atom is -0.445 e. The quantitative estimate of drug-likeness (QED) is 0.208. The van der Waals surface area contributed by atoms with E-state index >= 15 is 0 Å². The molecule has 226 valence electrons. The molecule has 9 heteroatoms. The van der Waals surface area contributed by atoms with Gasteiger partial charge in [0.2, 0.25) is 5.91 Å². The van der Waals surface area contributed by atoms with Crippen LogP contribution in [0.3, 0.4) is 0 Å². The Hall–Kier alpha value is -3.98. The maximum absolute atomic E-state index is 13.4. The molecule has 0 aliphatic carbocycles. The number of hydrogen-bond acceptors (Lipinski definition) is 6.